The van der Waals surface area contributed by atoms with Crippen LogP contribution >= 0.6 is 0 Å². The van der Waals surface area contributed by atoms with E-state index in [4.69, 9.17) is 4.74 Å². The molecule has 5 heteroatoms. The van der Waals surface area contributed by atoms with Crippen molar-refractivity contribution in [2.45, 2.75) is 32.4 Å². The lowest BCUT2D eigenvalue weighted by Gasteiger charge is -2.26. The SMILES string of the molecule is O=[N+]([O-])c1cccc(COc2ccc(CN3CCCCC3)cc2)c1. The highest BCUT2D eigenvalue weighted by atomic mass is 16.6. The monoisotopic (exact) mass is 326 g/mol. The van der Waals surface area contributed by atoms with Crippen molar-refractivity contribution in [3.63, 3.8) is 0 Å². The predicted molar refractivity (Wildman–Crippen MR) is 93.0 cm³/mol. The fourth-order valence-electron chi connectivity index (χ4n) is 2.99. The topological polar surface area (TPSA) is 55.6 Å². The maximum Gasteiger partial charge on any atom is 0.269 e. The molecule has 0 saturated carbocycles. The fourth-order valence-corrected chi connectivity index (χ4v) is 2.99. The van der Waals surface area contributed by atoms with E-state index >= 15 is 0 Å². The molecule has 0 radical (unpaired) electrons. The standard InChI is InChI=1S/C19H22N2O3/c22-21(23)18-6-4-5-17(13-18)15-24-19-9-7-16(8-10-19)14-20-11-2-1-3-12-20/h4-10,13H,1-3,11-12,14-15H2. The van der Waals surface area contributed by atoms with Crippen LogP contribution < -0.4 is 4.74 Å². The Hall–Kier alpha value is -2.40. The molecule has 0 aromatic heterocycles. The summed E-state index contributed by atoms with van der Waals surface area (Å²) in [6.45, 7) is 3.69. The minimum Gasteiger partial charge on any atom is -0.489 e. The highest BCUT2D eigenvalue weighted by Crippen LogP contribution is 2.19. The lowest BCUT2D eigenvalue weighted by molar-refractivity contribution is -0.384. The number of piperidine rings is 1. The van der Waals surface area contributed by atoms with Gasteiger partial charge in [0.05, 0.1) is 4.92 Å². The van der Waals surface area contributed by atoms with Gasteiger partial charge in [0, 0.05) is 18.7 Å². The molecular formula is C19H22N2O3. The molecule has 0 N–H and O–H groups in total. The average Bonchev–Trinajstić information content (AvgIpc) is 2.62. The number of benzene rings is 2. The van der Waals surface area contributed by atoms with Gasteiger partial charge in [-0.15, -0.1) is 0 Å². The number of ether oxygens (including phenoxy) is 1. The van der Waals surface area contributed by atoms with Crippen molar-refractivity contribution in [3.05, 3.63) is 69.8 Å². The van der Waals surface area contributed by atoms with Crippen LogP contribution in [0.4, 0.5) is 5.69 Å². The van der Waals surface area contributed by atoms with Gasteiger partial charge in [0.2, 0.25) is 0 Å². The summed E-state index contributed by atoms with van der Waals surface area (Å²) >= 11 is 0. The lowest BCUT2D eigenvalue weighted by Crippen LogP contribution is -2.28. The largest absolute Gasteiger partial charge is 0.489 e. The summed E-state index contributed by atoms with van der Waals surface area (Å²) in [4.78, 5) is 12.9. The second kappa shape index (κ2) is 7.93. The Balaban J connectivity index is 1.54. The van der Waals surface area contributed by atoms with E-state index in [1.54, 1.807) is 12.1 Å². The zero-order chi connectivity index (χ0) is 16.8. The van der Waals surface area contributed by atoms with Crippen molar-refractivity contribution in [2.75, 3.05) is 13.1 Å². The quantitative estimate of drug-likeness (QED) is 0.591. The summed E-state index contributed by atoms with van der Waals surface area (Å²) in [7, 11) is 0. The van der Waals surface area contributed by atoms with Gasteiger partial charge in [-0.1, -0.05) is 30.7 Å². The molecule has 1 fully saturated rings. The first kappa shape index (κ1) is 16.5. The van der Waals surface area contributed by atoms with Gasteiger partial charge in [0.15, 0.2) is 0 Å². The summed E-state index contributed by atoms with van der Waals surface area (Å²) < 4.78 is 5.74. The molecule has 1 aliphatic heterocycles. The maximum atomic E-state index is 10.8. The summed E-state index contributed by atoms with van der Waals surface area (Å²) in [5, 5.41) is 10.8. The van der Waals surface area contributed by atoms with E-state index in [1.165, 1.54) is 44.0 Å². The van der Waals surface area contributed by atoms with Crippen molar-refractivity contribution in [2.24, 2.45) is 0 Å². The highest BCUT2D eigenvalue weighted by molar-refractivity contribution is 5.34. The van der Waals surface area contributed by atoms with E-state index in [2.05, 4.69) is 17.0 Å². The highest BCUT2D eigenvalue weighted by Gasteiger charge is 2.10. The van der Waals surface area contributed by atoms with Gasteiger partial charge < -0.3 is 4.74 Å². The van der Waals surface area contributed by atoms with Gasteiger partial charge in [-0.25, -0.2) is 0 Å². The molecule has 0 amide bonds. The molecule has 1 saturated heterocycles. The van der Waals surface area contributed by atoms with Gasteiger partial charge in [-0.3, -0.25) is 15.0 Å². The van der Waals surface area contributed by atoms with E-state index in [0.29, 0.717) is 6.61 Å². The van der Waals surface area contributed by atoms with Gasteiger partial charge in [-0.05, 0) is 49.2 Å². The molecule has 0 atom stereocenters. The van der Waals surface area contributed by atoms with Crippen molar-refractivity contribution in [1.82, 2.24) is 4.90 Å². The van der Waals surface area contributed by atoms with Crippen molar-refractivity contribution < 1.29 is 9.66 Å². The molecule has 24 heavy (non-hydrogen) atoms. The normalized spacial score (nSPS) is 15.2. The third-order valence-corrected chi connectivity index (χ3v) is 4.31. The Kier molecular flexibility index (Phi) is 5.43. The Morgan fingerprint density at radius 1 is 1.00 bits per heavy atom. The third-order valence-electron chi connectivity index (χ3n) is 4.31. The lowest BCUT2D eigenvalue weighted by atomic mass is 10.1. The molecule has 0 spiro atoms. The molecule has 126 valence electrons. The Morgan fingerprint density at radius 3 is 2.46 bits per heavy atom. The van der Waals surface area contributed by atoms with E-state index < -0.39 is 0 Å². The molecule has 2 aromatic rings. The average molecular weight is 326 g/mol. The number of hydrogen-bond donors (Lipinski definition) is 0. The van der Waals surface area contributed by atoms with Crippen molar-refractivity contribution >= 4 is 5.69 Å². The van der Waals surface area contributed by atoms with Crippen molar-refractivity contribution in [1.29, 1.82) is 0 Å². The van der Waals surface area contributed by atoms with Gasteiger partial charge in [-0.2, -0.15) is 0 Å². The molecule has 1 aliphatic rings. The van der Waals surface area contributed by atoms with Crippen LogP contribution in [0.15, 0.2) is 48.5 Å². The molecule has 0 bridgehead atoms. The van der Waals surface area contributed by atoms with Gasteiger partial charge in [0.25, 0.3) is 5.69 Å². The molecular weight excluding hydrogens is 304 g/mol. The van der Waals surface area contributed by atoms with Crippen LogP contribution in [-0.4, -0.2) is 22.9 Å². The van der Waals surface area contributed by atoms with Crippen molar-refractivity contribution in [3.8, 4) is 5.75 Å². The number of hydrogen-bond acceptors (Lipinski definition) is 4. The minimum atomic E-state index is -0.390. The summed E-state index contributed by atoms with van der Waals surface area (Å²) in [6, 6.07) is 14.7. The molecule has 3 rings (SSSR count). The number of rotatable bonds is 6. The zero-order valence-corrected chi connectivity index (χ0v) is 13.7. The fraction of sp³-hybridized carbons (Fsp3) is 0.368. The summed E-state index contributed by atoms with van der Waals surface area (Å²) in [6.07, 6.45) is 3.94. The third kappa shape index (κ3) is 4.55. The van der Waals surface area contributed by atoms with Crippen LogP contribution in [0.3, 0.4) is 0 Å². The van der Waals surface area contributed by atoms with Crippen LogP contribution in [0.1, 0.15) is 30.4 Å². The molecule has 0 unspecified atom stereocenters. The number of likely N-dealkylation sites (tertiary alicyclic amines) is 1. The van der Waals surface area contributed by atoms with Crippen LogP contribution in [-0.2, 0) is 13.2 Å². The molecule has 2 aromatic carbocycles. The minimum absolute atomic E-state index is 0.0907. The Bertz CT molecular complexity index is 679. The van der Waals surface area contributed by atoms with Crippen LogP contribution in [0.5, 0.6) is 5.75 Å². The van der Waals surface area contributed by atoms with Crippen LogP contribution in [0, 0.1) is 10.1 Å². The smallest absolute Gasteiger partial charge is 0.269 e. The van der Waals surface area contributed by atoms with Gasteiger partial charge >= 0.3 is 0 Å². The summed E-state index contributed by atoms with van der Waals surface area (Å²) in [5.74, 6) is 0.781. The maximum absolute atomic E-state index is 10.8. The Labute approximate surface area is 142 Å². The van der Waals surface area contributed by atoms with E-state index in [0.717, 1.165) is 17.9 Å². The number of nitro groups is 1. The predicted octanol–water partition coefficient (Wildman–Crippen LogP) is 4.16. The van der Waals surface area contributed by atoms with Crippen LogP contribution in [0.2, 0.25) is 0 Å². The first-order valence-electron chi connectivity index (χ1n) is 8.38. The number of nitrogens with zero attached hydrogens (tertiary/aromatic N) is 2. The van der Waals surface area contributed by atoms with E-state index in [-0.39, 0.29) is 10.6 Å². The number of non-ortho nitro benzene ring substituents is 1. The van der Waals surface area contributed by atoms with Crippen LogP contribution in [0.25, 0.3) is 0 Å². The second-order valence-electron chi connectivity index (χ2n) is 6.20. The molecule has 1 heterocycles. The first-order valence-corrected chi connectivity index (χ1v) is 8.38. The van der Waals surface area contributed by atoms with E-state index in [1.807, 2.05) is 18.2 Å². The van der Waals surface area contributed by atoms with Gasteiger partial charge in [0.1, 0.15) is 12.4 Å². The molecule has 5 nitrogen and oxygen atoms in total. The first-order chi connectivity index (χ1) is 11.7. The zero-order valence-electron chi connectivity index (χ0n) is 13.7. The molecule has 0 aliphatic carbocycles. The summed E-state index contributed by atoms with van der Waals surface area (Å²) in [5.41, 5.74) is 2.18. The van der Waals surface area contributed by atoms with E-state index in [9.17, 15) is 10.1 Å². The Morgan fingerprint density at radius 2 is 1.75 bits per heavy atom. The number of nitro benzene ring substituents is 1. The second-order valence-corrected chi connectivity index (χ2v) is 6.20.